The van der Waals surface area contributed by atoms with Crippen LogP contribution in [0.1, 0.15) is 6.42 Å². The molecule has 0 amide bonds. The third-order valence-electron chi connectivity index (χ3n) is 2.40. The van der Waals surface area contributed by atoms with Crippen LogP contribution in [-0.4, -0.2) is 51.1 Å². The molecule has 17 heavy (non-hydrogen) atoms. The van der Waals surface area contributed by atoms with E-state index in [1.165, 1.54) is 0 Å². The number of fused-ring (bicyclic) bond motifs is 1. The Morgan fingerprint density at radius 1 is 1.59 bits per heavy atom. The average molecular weight is 237 g/mol. The van der Waals surface area contributed by atoms with Crippen LogP contribution in [0.4, 0.5) is 5.82 Å². The summed E-state index contributed by atoms with van der Waals surface area (Å²) >= 11 is 0. The number of anilines is 1. The van der Waals surface area contributed by atoms with Gasteiger partial charge in [0.05, 0.1) is 12.6 Å². The number of aromatic nitrogens is 4. The first-order valence-corrected chi connectivity index (χ1v) is 5.36. The fraction of sp³-hybridized carbons (Fsp3) is 0.500. The Bertz CT molecular complexity index is 466. The Morgan fingerprint density at radius 3 is 3.24 bits per heavy atom. The molecular formula is C10H15N5O2. The maximum atomic E-state index is 8.97. The molecule has 92 valence electrons. The largest absolute Gasteiger partial charge is 0.396 e. The van der Waals surface area contributed by atoms with E-state index in [0.29, 0.717) is 24.5 Å². The molecule has 0 aliphatic heterocycles. The van der Waals surface area contributed by atoms with E-state index >= 15 is 0 Å². The summed E-state index contributed by atoms with van der Waals surface area (Å²) in [4.78, 5) is 4.21. The number of hydrogen-bond donors (Lipinski definition) is 2. The van der Waals surface area contributed by atoms with Crippen LogP contribution >= 0.6 is 0 Å². The zero-order chi connectivity index (χ0) is 12.1. The third kappa shape index (κ3) is 2.69. The molecule has 1 unspecified atom stereocenters. The fourth-order valence-electron chi connectivity index (χ4n) is 1.61. The van der Waals surface area contributed by atoms with Gasteiger partial charge in [0.1, 0.15) is 6.33 Å². The smallest absolute Gasteiger partial charge is 0.203 e. The number of rotatable bonds is 6. The van der Waals surface area contributed by atoms with Gasteiger partial charge in [-0.05, 0) is 6.42 Å². The van der Waals surface area contributed by atoms with Crippen LogP contribution in [0, 0.1) is 0 Å². The van der Waals surface area contributed by atoms with E-state index < -0.39 is 0 Å². The zero-order valence-corrected chi connectivity index (χ0v) is 9.58. The molecule has 2 N–H and O–H groups in total. The Kier molecular flexibility index (Phi) is 3.84. The molecule has 0 radical (unpaired) electrons. The Hall–Kier alpha value is -1.73. The molecule has 2 rings (SSSR count). The standard InChI is InChI=1S/C10H15N5O2/c1-17-6-8(2-5-16)13-9-10-14-12-7-15(10)4-3-11-9/h3-4,7-8,16H,2,5-6H2,1H3,(H,11,13). The van der Waals surface area contributed by atoms with Crippen LogP contribution in [0.2, 0.25) is 0 Å². The quantitative estimate of drug-likeness (QED) is 0.731. The summed E-state index contributed by atoms with van der Waals surface area (Å²) < 4.78 is 6.85. The van der Waals surface area contributed by atoms with Crippen molar-refractivity contribution in [3.63, 3.8) is 0 Å². The minimum absolute atomic E-state index is 0.000370. The maximum absolute atomic E-state index is 8.97. The van der Waals surface area contributed by atoms with Gasteiger partial charge in [-0.15, -0.1) is 10.2 Å². The Balaban J connectivity index is 2.18. The van der Waals surface area contributed by atoms with Gasteiger partial charge in [-0.1, -0.05) is 0 Å². The lowest BCUT2D eigenvalue weighted by atomic mass is 10.2. The highest BCUT2D eigenvalue weighted by atomic mass is 16.5. The molecule has 0 saturated carbocycles. The lowest BCUT2D eigenvalue weighted by Gasteiger charge is -2.17. The second-order valence-corrected chi connectivity index (χ2v) is 3.65. The third-order valence-corrected chi connectivity index (χ3v) is 2.40. The molecule has 0 bridgehead atoms. The van der Waals surface area contributed by atoms with E-state index in [2.05, 4.69) is 20.5 Å². The summed E-state index contributed by atoms with van der Waals surface area (Å²) in [5.41, 5.74) is 0.659. The SMILES string of the molecule is COCC(CCO)Nc1nccn2cnnc12. The Labute approximate surface area is 98.5 Å². The molecule has 2 aromatic rings. The number of hydrogen-bond acceptors (Lipinski definition) is 6. The van der Waals surface area contributed by atoms with E-state index in [1.54, 1.807) is 30.2 Å². The van der Waals surface area contributed by atoms with E-state index in [4.69, 9.17) is 9.84 Å². The minimum atomic E-state index is 0.000370. The van der Waals surface area contributed by atoms with Gasteiger partial charge in [0.15, 0.2) is 5.82 Å². The molecule has 1 atom stereocenters. The van der Waals surface area contributed by atoms with Crippen molar-refractivity contribution in [3.05, 3.63) is 18.7 Å². The van der Waals surface area contributed by atoms with Gasteiger partial charge in [0.25, 0.3) is 0 Å². The first-order valence-electron chi connectivity index (χ1n) is 5.36. The van der Waals surface area contributed by atoms with Gasteiger partial charge in [-0.25, -0.2) is 4.98 Å². The number of nitrogens with one attached hydrogen (secondary N) is 1. The molecule has 2 aromatic heterocycles. The van der Waals surface area contributed by atoms with Crippen molar-refractivity contribution in [1.29, 1.82) is 0 Å². The number of methoxy groups -OCH3 is 1. The topological polar surface area (TPSA) is 84.6 Å². The lowest BCUT2D eigenvalue weighted by molar-refractivity contribution is 0.170. The number of nitrogens with zero attached hydrogens (tertiary/aromatic N) is 4. The summed E-state index contributed by atoms with van der Waals surface area (Å²) in [6.45, 7) is 0.592. The van der Waals surface area contributed by atoms with Crippen LogP contribution in [0.25, 0.3) is 5.65 Å². The van der Waals surface area contributed by atoms with E-state index in [9.17, 15) is 0 Å². The van der Waals surface area contributed by atoms with Gasteiger partial charge in [-0.2, -0.15) is 0 Å². The van der Waals surface area contributed by atoms with E-state index in [-0.39, 0.29) is 12.6 Å². The molecule has 7 heteroatoms. The van der Waals surface area contributed by atoms with Gasteiger partial charge in [-0.3, -0.25) is 4.40 Å². The number of aliphatic hydroxyl groups excluding tert-OH is 1. The van der Waals surface area contributed by atoms with Crippen molar-refractivity contribution in [2.75, 3.05) is 25.6 Å². The second kappa shape index (κ2) is 5.55. The van der Waals surface area contributed by atoms with Crippen LogP contribution in [0.3, 0.4) is 0 Å². The number of aliphatic hydroxyl groups is 1. The normalized spacial score (nSPS) is 12.8. The molecule has 0 aliphatic rings. The summed E-state index contributed by atoms with van der Waals surface area (Å²) in [6, 6.07) is 0.000370. The molecule has 7 nitrogen and oxygen atoms in total. The average Bonchev–Trinajstić information content (AvgIpc) is 2.79. The predicted octanol–water partition coefficient (Wildman–Crippen LogP) is -0.0664. The van der Waals surface area contributed by atoms with Gasteiger partial charge >= 0.3 is 0 Å². The van der Waals surface area contributed by atoms with E-state index in [0.717, 1.165) is 0 Å². The monoisotopic (exact) mass is 237 g/mol. The van der Waals surface area contributed by atoms with Gasteiger partial charge in [0.2, 0.25) is 5.65 Å². The molecule has 0 aromatic carbocycles. The van der Waals surface area contributed by atoms with Gasteiger partial charge < -0.3 is 15.2 Å². The summed E-state index contributed by atoms with van der Waals surface area (Å²) in [5, 5.41) is 19.9. The van der Waals surface area contributed by atoms with Crippen LogP contribution in [0.5, 0.6) is 0 Å². The molecule has 0 fully saturated rings. The molecular weight excluding hydrogens is 222 g/mol. The molecule has 0 saturated heterocycles. The van der Waals surface area contributed by atoms with Crippen molar-refractivity contribution in [3.8, 4) is 0 Å². The van der Waals surface area contributed by atoms with Crippen LogP contribution in [0.15, 0.2) is 18.7 Å². The minimum Gasteiger partial charge on any atom is -0.396 e. The second-order valence-electron chi connectivity index (χ2n) is 3.65. The number of ether oxygens (including phenoxy) is 1. The molecule has 2 heterocycles. The van der Waals surface area contributed by atoms with Crippen LogP contribution < -0.4 is 5.32 Å². The highest BCUT2D eigenvalue weighted by molar-refractivity contribution is 5.61. The van der Waals surface area contributed by atoms with Crippen molar-refractivity contribution < 1.29 is 9.84 Å². The molecule has 0 aliphatic carbocycles. The first-order chi connectivity index (χ1) is 8.35. The zero-order valence-electron chi connectivity index (χ0n) is 9.58. The highest BCUT2D eigenvalue weighted by Gasteiger charge is 2.11. The van der Waals surface area contributed by atoms with Crippen molar-refractivity contribution >= 4 is 11.5 Å². The summed E-state index contributed by atoms with van der Waals surface area (Å²) in [5.74, 6) is 0.639. The first kappa shape index (κ1) is 11.7. The lowest BCUT2D eigenvalue weighted by Crippen LogP contribution is -2.27. The summed E-state index contributed by atoms with van der Waals surface area (Å²) in [7, 11) is 1.62. The summed E-state index contributed by atoms with van der Waals surface area (Å²) in [6.07, 6.45) is 5.64. The highest BCUT2D eigenvalue weighted by Crippen LogP contribution is 2.12. The maximum Gasteiger partial charge on any atom is 0.203 e. The van der Waals surface area contributed by atoms with Crippen LogP contribution in [-0.2, 0) is 4.74 Å². The van der Waals surface area contributed by atoms with Crippen molar-refractivity contribution in [2.24, 2.45) is 0 Å². The fourth-order valence-corrected chi connectivity index (χ4v) is 1.61. The predicted molar refractivity (Wildman–Crippen MR) is 61.8 cm³/mol. The Morgan fingerprint density at radius 2 is 2.47 bits per heavy atom. The van der Waals surface area contributed by atoms with E-state index in [1.807, 2.05) is 0 Å². The van der Waals surface area contributed by atoms with Crippen molar-refractivity contribution in [1.82, 2.24) is 19.6 Å². The van der Waals surface area contributed by atoms with Gasteiger partial charge in [0, 0.05) is 26.1 Å². The molecule has 0 spiro atoms. The van der Waals surface area contributed by atoms with Crippen molar-refractivity contribution in [2.45, 2.75) is 12.5 Å².